The molecule has 1 saturated carbocycles. The van der Waals surface area contributed by atoms with Crippen molar-refractivity contribution >= 4 is 0 Å². The quantitative estimate of drug-likeness (QED) is 0.839. The molecule has 0 radical (unpaired) electrons. The molecular weight excluding hydrogens is 222 g/mol. The van der Waals surface area contributed by atoms with Crippen LogP contribution in [-0.4, -0.2) is 22.9 Å². The molecule has 2 unspecified atom stereocenters. The van der Waals surface area contributed by atoms with Crippen LogP contribution in [0.4, 0.5) is 0 Å². The van der Waals surface area contributed by atoms with Crippen molar-refractivity contribution in [3.63, 3.8) is 0 Å². The van der Waals surface area contributed by atoms with Crippen LogP contribution in [0.15, 0.2) is 12.3 Å². The number of nitrogens with one attached hydrogen (secondary N) is 1. The molecule has 1 aliphatic carbocycles. The predicted octanol–water partition coefficient (Wildman–Crippen LogP) is 3.17. The molecule has 1 heterocycles. The van der Waals surface area contributed by atoms with Gasteiger partial charge in [0.2, 0.25) is 0 Å². The Morgan fingerprint density at radius 2 is 2.17 bits per heavy atom. The minimum atomic E-state index is 0.543. The summed E-state index contributed by atoms with van der Waals surface area (Å²) >= 11 is 0. The molecule has 1 aromatic rings. The van der Waals surface area contributed by atoms with Crippen molar-refractivity contribution in [2.45, 2.75) is 64.5 Å². The van der Waals surface area contributed by atoms with Crippen molar-refractivity contribution in [1.29, 1.82) is 0 Å². The molecule has 1 aromatic heterocycles. The van der Waals surface area contributed by atoms with Gasteiger partial charge in [-0.05, 0) is 31.9 Å². The highest BCUT2D eigenvalue weighted by Gasteiger charge is 2.19. The third-order valence-electron chi connectivity index (χ3n) is 4.49. The lowest BCUT2D eigenvalue weighted by atomic mass is 9.95. The lowest BCUT2D eigenvalue weighted by Crippen LogP contribution is -2.34. The summed E-state index contributed by atoms with van der Waals surface area (Å²) < 4.78 is 2.20. The van der Waals surface area contributed by atoms with E-state index in [2.05, 4.69) is 43.2 Å². The maximum absolute atomic E-state index is 4.77. The topological polar surface area (TPSA) is 29.9 Å². The maximum atomic E-state index is 4.77. The molecule has 0 aromatic carbocycles. The van der Waals surface area contributed by atoms with Gasteiger partial charge in [-0.2, -0.15) is 5.10 Å². The Labute approximate surface area is 111 Å². The van der Waals surface area contributed by atoms with E-state index in [-0.39, 0.29) is 0 Å². The van der Waals surface area contributed by atoms with Crippen molar-refractivity contribution in [2.24, 2.45) is 5.92 Å². The molecule has 0 aliphatic heterocycles. The summed E-state index contributed by atoms with van der Waals surface area (Å²) in [5.41, 5.74) is 1.24. The largest absolute Gasteiger partial charge is 0.316 e. The Hall–Kier alpha value is -0.830. The number of nitrogens with zero attached hydrogens (tertiary/aromatic N) is 2. The first-order valence-corrected chi connectivity index (χ1v) is 7.46. The summed E-state index contributed by atoms with van der Waals surface area (Å²) in [6.07, 6.45) is 9.79. The Morgan fingerprint density at radius 3 is 2.78 bits per heavy atom. The van der Waals surface area contributed by atoms with Crippen LogP contribution in [-0.2, 0) is 6.42 Å². The summed E-state index contributed by atoms with van der Waals surface area (Å²) in [6.45, 7) is 4.57. The minimum absolute atomic E-state index is 0.543. The predicted molar refractivity (Wildman–Crippen MR) is 75.7 cm³/mol. The highest BCUT2D eigenvalue weighted by atomic mass is 15.3. The lowest BCUT2D eigenvalue weighted by molar-refractivity contribution is 0.380. The van der Waals surface area contributed by atoms with Crippen LogP contribution in [0, 0.1) is 5.92 Å². The zero-order valence-electron chi connectivity index (χ0n) is 12.0. The van der Waals surface area contributed by atoms with Crippen molar-refractivity contribution in [3.05, 3.63) is 18.0 Å². The number of aromatic nitrogens is 2. The van der Waals surface area contributed by atoms with Crippen molar-refractivity contribution in [3.8, 4) is 0 Å². The fourth-order valence-corrected chi connectivity index (χ4v) is 2.96. The number of rotatable bonds is 6. The van der Waals surface area contributed by atoms with Gasteiger partial charge >= 0.3 is 0 Å². The molecule has 0 bridgehead atoms. The first-order chi connectivity index (χ1) is 8.74. The molecule has 0 amide bonds. The highest BCUT2D eigenvalue weighted by Crippen LogP contribution is 2.28. The van der Waals surface area contributed by atoms with Gasteiger partial charge in [0.05, 0.1) is 11.7 Å². The Kier molecular flexibility index (Phi) is 4.81. The summed E-state index contributed by atoms with van der Waals surface area (Å²) in [6, 6.07) is 3.41. The van der Waals surface area contributed by atoms with Crippen LogP contribution in [0.2, 0.25) is 0 Å². The van der Waals surface area contributed by atoms with E-state index in [4.69, 9.17) is 5.10 Å². The third-order valence-corrected chi connectivity index (χ3v) is 4.49. The molecule has 1 aliphatic rings. The van der Waals surface area contributed by atoms with Gasteiger partial charge in [-0.15, -0.1) is 0 Å². The molecule has 18 heavy (non-hydrogen) atoms. The van der Waals surface area contributed by atoms with Crippen LogP contribution in [0.3, 0.4) is 0 Å². The second kappa shape index (κ2) is 6.37. The van der Waals surface area contributed by atoms with Gasteiger partial charge in [0.1, 0.15) is 0 Å². The van der Waals surface area contributed by atoms with Crippen molar-refractivity contribution in [2.75, 3.05) is 7.05 Å². The summed E-state index contributed by atoms with van der Waals surface area (Å²) in [4.78, 5) is 0. The number of likely N-dealkylation sites (N-methyl/N-ethyl adjacent to an activating group) is 1. The van der Waals surface area contributed by atoms with Gasteiger partial charge in [-0.25, -0.2) is 0 Å². The fraction of sp³-hybridized carbons (Fsp3) is 0.800. The van der Waals surface area contributed by atoms with Crippen molar-refractivity contribution in [1.82, 2.24) is 15.1 Å². The van der Waals surface area contributed by atoms with Gasteiger partial charge < -0.3 is 5.32 Å². The number of hydrogen-bond acceptors (Lipinski definition) is 2. The second-order valence-corrected chi connectivity index (χ2v) is 5.71. The van der Waals surface area contributed by atoms with Gasteiger partial charge in [0.25, 0.3) is 0 Å². The van der Waals surface area contributed by atoms with E-state index in [0.717, 1.165) is 6.42 Å². The first-order valence-electron chi connectivity index (χ1n) is 7.46. The lowest BCUT2D eigenvalue weighted by Gasteiger charge is -2.21. The average molecular weight is 249 g/mol. The van der Waals surface area contributed by atoms with Crippen LogP contribution in [0.5, 0.6) is 0 Å². The second-order valence-electron chi connectivity index (χ2n) is 5.71. The fourth-order valence-electron chi connectivity index (χ4n) is 2.96. The maximum Gasteiger partial charge on any atom is 0.0640 e. The van der Waals surface area contributed by atoms with Crippen LogP contribution in [0.25, 0.3) is 0 Å². The molecule has 1 fully saturated rings. The van der Waals surface area contributed by atoms with Gasteiger partial charge in [0, 0.05) is 18.7 Å². The van der Waals surface area contributed by atoms with Gasteiger partial charge in [-0.3, -0.25) is 4.68 Å². The van der Waals surface area contributed by atoms with E-state index in [1.807, 2.05) is 0 Å². The van der Waals surface area contributed by atoms with E-state index in [1.165, 1.54) is 37.8 Å². The highest BCUT2D eigenvalue weighted by molar-refractivity contribution is 5.03. The SMILES string of the molecule is CCC(C)C(Cc1ccn(C2CCCC2)n1)NC. The Balaban J connectivity index is 1.96. The van der Waals surface area contributed by atoms with E-state index in [9.17, 15) is 0 Å². The zero-order valence-corrected chi connectivity index (χ0v) is 12.0. The molecule has 3 nitrogen and oxygen atoms in total. The normalized spacial score (nSPS) is 20.2. The van der Waals surface area contributed by atoms with E-state index in [1.54, 1.807) is 0 Å². The van der Waals surface area contributed by atoms with Crippen LogP contribution >= 0.6 is 0 Å². The monoisotopic (exact) mass is 249 g/mol. The first kappa shape index (κ1) is 13.6. The van der Waals surface area contributed by atoms with Crippen LogP contribution < -0.4 is 5.32 Å². The van der Waals surface area contributed by atoms with E-state index >= 15 is 0 Å². The molecule has 102 valence electrons. The minimum Gasteiger partial charge on any atom is -0.316 e. The molecule has 0 saturated heterocycles. The Bertz CT molecular complexity index is 352. The summed E-state index contributed by atoms with van der Waals surface area (Å²) in [5.74, 6) is 0.701. The smallest absolute Gasteiger partial charge is 0.0640 e. The van der Waals surface area contributed by atoms with Gasteiger partial charge in [-0.1, -0.05) is 33.1 Å². The molecule has 2 rings (SSSR count). The molecule has 3 heteroatoms. The van der Waals surface area contributed by atoms with Crippen LogP contribution in [0.1, 0.15) is 57.7 Å². The average Bonchev–Trinajstić information content (AvgIpc) is 3.05. The standard InChI is InChI=1S/C15H27N3/c1-4-12(2)15(16-3)11-13-9-10-18(17-13)14-7-5-6-8-14/h9-10,12,14-16H,4-8,11H2,1-3H3. The van der Waals surface area contributed by atoms with E-state index in [0.29, 0.717) is 18.0 Å². The summed E-state index contributed by atoms with van der Waals surface area (Å²) in [5, 5.41) is 8.20. The molecule has 0 spiro atoms. The van der Waals surface area contributed by atoms with Gasteiger partial charge in [0.15, 0.2) is 0 Å². The molecular formula is C15H27N3. The third kappa shape index (κ3) is 3.14. The zero-order chi connectivity index (χ0) is 13.0. The van der Waals surface area contributed by atoms with Crippen molar-refractivity contribution < 1.29 is 0 Å². The Morgan fingerprint density at radius 1 is 1.44 bits per heavy atom. The molecule has 2 atom stereocenters. The number of hydrogen-bond donors (Lipinski definition) is 1. The summed E-state index contributed by atoms with van der Waals surface area (Å²) in [7, 11) is 2.06. The molecule has 1 N–H and O–H groups in total. The van der Waals surface area contributed by atoms with E-state index < -0.39 is 0 Å².